The van der Waals surface area contributed by atoms with E-state index < -0.39 is 0 Å². The van der Waals surface area contributed by atoms with Gasteiger partial charge in [-0.3, -0.25) is 4.90 Å². The average Bonchev–Trinajstić information content (AvgIpc) is 2.99. The minimum Gasteiger partial charge on any atom is -0.379 e. The van der Waals surface area contributed by atoms with E-state index in [4.69, 9.17) is 4.74 Å². The van der Waals surface area contributed by atoms with Crippen LogP contribution in [-0.4, -0.2) is 35.8 Å². The SMILES string of the molecule is Cl.c1ccc2c(c1)C(N1CCOCC1)c1cccn1-2. The minimum absolute atomic E-state index is 0. The van der Waals surface area contributed by atoms with Crippen LogP contribution in [0.1, 0.15) is 17.3 Å². The number of aromatic nitrogens is 1. The zero-order chi connectivity index (χ0) is 11.9. The van der Waals surface area contributed by atoms with Crippen LogP contribution in [0.5, 0.6) is 0 Å². The highest BCUT2D eigenvalue weighted by atomic mass is 35.5. The zero-order valence-corrected chi connectivity index (χ0v) is 11.5. The molecule has 0 saturated carbocycles. The lowest BCUT2D eigenvalue weighted by Gasteiger charge is -2.32. The number of benzene rings is 1. The number of hydrogen-bond acceptors (Lipinski definition) is 2. The molecule has 3 heterocycles. The van der Waals surface area contributed by atoms with Crippen molar-refractivity contribution in [3.8, 4) is 5.69 Å². The highest BCUT2D eigenvalue weighted by molar-refractivity contribution is 5.85. The lowest BCUT2D eigenvalue weighted by Crippen LogP contribution is -2.38. The molecular weight excluding hydrogens is 260 g/mol. The summed E-state index contributed by atoms with van der Waals surface area (Å²) >= 11 is 0. The summed E-state index contributed by atoms with van der Waals surface area (Å²) in [6, 6.07) is 13.5. The molecule has 0 bridgehead atoms. The second-order valence-electron chi connectivity index (χ2n) is 4.91. The summed E-state index contributed by atoms with van der Waals surface area (Å²) in [4.78, 5) is 2.53. The van der Waals surface area contributed by atoms with Crippen molar-refractivity contribution in [3.63, 3.8) is 0 Å². The molecule has 1 saturated heterocycles. The van der Waals surface area contributed by atoms with E-state index in [2.05, 4.69) is 52.1 Å². The predicted octanol–water partition coefficient (Wildman–Crippen LogP) is 2.63. The van der Waals surface area contributed by atoms with Crippen LogP contribution in [0.15, 0.2) is 42.6 Å². The fraction of sp³-hybridized carbons (Fsp3) is 0.333. The van der Waals surface area contributed by atoms with Crippen LogP contribution in [0.4, 0.5) is 0 Å². The maximum absolute atomic E-state index is 5.47. The quantitative estimate of drug-likeness (QED) is 0.797. The Morgan fingerprint density at radius 3 is 2.63 bits per heavy atom. The van der Waals surface area contributed by atoms with E-state index in [1.165, 1.54) is 16.9 Å². The van der Waals surface area contributed by atoms with E-state index in [-0.39, 0.29) is 12.4 Å². The number of fused-ring (bicyclic) bond motifs is 3. The van der Waals surface area contributed by atoms with Gasteiger partial charge >= 0.3 is 0 Å². The van der Waals surface area contributed by atoms with E-state index in [1.54, 1.807) is 0 Å². The number of halogens is 1. The Hall–Kier alpha value is -1.29. The first-order valence-electron chi connectivity index (χ1n) is 6.53. The van der Waals surface area contributed by atoms with Gasteiger partial charge in [-0.2, -0.15) is 0 Å². The number of rotatable bonds is 1. The van der Waals surface area contributed by atoms with Gasteiger partial charge in [0.2, 0.25) is 0 Å². The molecule has 4 rings (SSSR count). The van der Waals surface area contributed by atoms with E-state index >= 15 is 0 Å². The molecule has 1 unspecified atom stereocenters. The summed E-state index contributed by atoms with van der Waals surface area (Å²) in [5.74, 6) is 0. The van der Waals surface area contributed by atoms with Crippen molar-refractivity contribution in [2.75, 3.05) is 26.3 Å². The largest absolute Gasteiger partial charge is 0.379 e. The van der Waals surface area contributed by atoms with E-state index in [0.717, 1.165) is 26.3 Å². The van der Waals surface area contributed by atoms with Gasteiger partial charge in [0.1, 0.15) is 0 Å². The molecule has 0 aliphatic carbocycles. The molecule has 4 heteroatoms. The maximum atomic E-state index is 5.47. The summed E-state index contributed by atoms with van der Waals surface area (Å²) in [7, 11) is 0. The van der Waals surface area contributed by atoms with Gasteiger partial charge in [-0.15, -0.1) is 12.4 Å². The summed E-state index contributed by atoms with van der Waals surface area (Å²) in [5.41, 5.74) is 4.14. The second-order valence-corrected chi connectivity index (χ2v) is 4.91. The molecule has 1 aromatic heterocycles. The van der Waals surface area contributed by atoms with Gasteiger partial charge in [0.15, 0.2) is 0 Å². The molecule has 100 valence electrons. The van der Waals surface area contributed by atoms with E-state index in [9.17, 15) is 0 Å². The molecule has 19 heavy (non-hydrogen) atoms. The lowest BCUT2D eigenvalue weighted by molar-refractivity contribution is 0.0242. The number of nitrogens with zero attached hydrogens (tertiary/aromatic N) is 2. The lowest BCUT2D eigenvalue weighted by atomic mass is 10.0. The third-order valence-electron chi connectivity index (χ3n) is 3.96. The van der Waals surface area contributed by atoms with Crippen LogP contribution in [0, 0.1) is 0 Å². The molecule has 2 aromatic rings. The third kappa shape index (κ3) is 1.89. The molecule has 0 radical (unpaired) electrons. The van der Waals surface area contributed by atoms with Crippen LogP contribution in [0.25, 0.3) is 5.69 Å². The molecule has 0 N–H and O–H groups in total. The Morgan fingerprint density at radius 1 is 1.00 bits per heavy atom. The Balaban J connectivity index is 0.00000110. The molecule has 2 aliphatic rings. The first-order chi connectivity index (χ1) is 8.95. The molecule has 3 nitrogen and oxygen atoms in total. The van der Waals surface area contributed by atoms with Gasteiger partial charge in [-0.1, -0.05) is 18.2 Å². The van der Waals surface area contributed by atoms with Crippen molar-refractivity contribution in [2.45, 2.75) is 6.04 Å². The van der Waals surface area contributed by atoms with Crippen molar-refractivity contribution in [2.24, 2.45) is 0 Å². The Labute approximate surface area is 119 Å². The predicted molar refractivity (Wildman–Crippen MR) is 77.3 cm³/mol. The summed E-state index contributed by atoms with van der Waals surface area (Å²) in [6.07, 6.45) is 2.16. The van der Waals surface area contributed by atoms with Crippen LogP contribution < -0.4 is 0 Å². The highest BCUT2D eigenvalue weighted by Crippen LogP contribution is 2.40. The Morgan fingerprint density at radius 2 is 1.79 bits per heavy atom. The van der Waals surface area contributed by atoms with Gasteiger partial charge in [-0.05, 0) is 23.8 Å². The molecular formula is C15H17ClN2O. The van der Waals surface area contributed by atoms with Crippen molar-refractivity contribution in [1.82, 2.24) is 9.47 Å². The number of hydrogen-bond donors (Lipinski definition) is 0. The standard InChI is InChI=1S/C15H16N2O.ClH/c1-2-5-13-12(4-1)15(14-6-3-7-17(13)14)16-8-10-18-11-9-16;/h1-7,15H,8-11H2;1H. The summed E-state index contributed by atoms with van der Waals surface area (Å²) in [5, 5.41) is 0. The molecule has 1 atom stereocenters. The topological polar surface area (TPSA) is 17.4 Å². The third-order valence-corrected chi connectivity index (χ3v) is 3.96. The highest BCUT2D eigenvalue weighted by Gasteiger charge is 2.33. The molecule has 0 spiro atoms. The van der Waals surface area contributed by atoms with Crippen LogP contribution in [0.2, 0.25) is 0 Å². The Kier molecular flexibility index (Phi) is 3.35. The van der Waals surface area contributed by atoms with Gasteiger partial charge in [0.25, 0.3) is 0 Å². The van der Waals surface area contributed by atoms with Crippen molar-refractivity contribution >= 4 is 12.4 Å². The number of para-hydroxylation sites is 1. The van der Waals surface area contributed by atoms with Gasteiger partial charge in [-0.25, -0.2) is 0 Å². The maximum Gasteiger partial charge on any atom is 0.0781 e. The Bertz CT molecular complexity index is 575. The van der Waals surface area contributed by atoms with E-state index in [1.807, 2.05) is 0 Å². The van der Waals surface area contributed by atoms with Crippen molar-refractivity contribution < 1.29 is 4.74 Å². The fourth-order valence-corrected chi connectivity index (χ4v) is 3.15. The first kappa shape index (κ1) is 12.7. The monoisotopic (exact) mass is 276 g/mol. The van der Waals surface area contributed by atoms with Crippen molar-refractivity contribution in [1.29, 1.82) is 0 Å². The molecule has 2 aliphatic heterocycles. The van der Waals surface area contributed by atoms with Crippen LogP contribution >= 0.6 is 12.4 Å². The van der Waals surface area contributed by atoms with Gasteiger partial charge in [0, 0.05) is 25.0 Å². The van der Waals surface area contributed by atoms with Gasteiger partial charge < -0.3 is 9.30 Å². The van der Waals surface area contributed by atoms with Crippen molar-refractivity contribution in [3.05, 3.63) is 53.9 Å². The second kappa shape index (κ2) is 5.00. The fourth-order valence-electron chi connectivity index (χ4n) is 3.15. The number of morpholine rings is 1. The average molecular weight is 277 g/mol. The summed E-state index contributed by atoms with van der Waals surface area (Å²) in [6.45, 7) is 3.73. The normalized spacial score (nSPS) is 21.6. The molecule has 0 amide bonds. The van der Waals surface area contributed by atoms with Crippen LogP contribution in [0.3, 0.4) is 0 Å². The summed E-state index contributed by atoms with van der Waals surface area (Å²) < 4.78 is 7.78. The van der Waals surface area contributed by atoms with Crippen LogP contribution in [-0.2, 0) is 4.74 Å². The number of ether oxygens (including phenoxy) is 1. The smallest absolute Gasteiger partial charge is 0.0781 e. The molecule has 1 aromatic carbocycles. The first-order valence-corrected chi connectivity index (χ1v) is 6.53. The minimum atomic E-state index is 0. The van der Waals surface area contributed by atoms with Gasteiger partial charge in [0.05, 0.1) is 24.9 Å². The zero-order valence-electron chi connectivity index (χ0n) is 10.7. The molecule has 1 fully saturated rings. The van der Waals surface area contributed by atoms with E-state index in [0.29, 0.717) is 6.04 Å².